The molecule has 0 atom stereocenters. The van der Waals surface area contributed by atoms with Crippen molar-refractivity contribution in [2.75, 3.05) is 20.6 Å². The van der Waals surface area contributed by atoms with Crippen molar-refractivity contribution in [2.24, 2.45) is 0 Å². The Morgan fingerprint density at radius 1 is 1.04 bits per heavy atom. The second-order valence-corrected chi connectivity index (χ2v) is 6.21. The molecule has 0 unspecified atom stereocenters. The molecule has 5 heteroatoms. The zero-order valence-corrected chi connectivity index (χ0v) is 15.7. The minimum Gasteiger partial charge on any atom is -0.309 e. The Morgan fingerprint density at radius 2 is 1.74 bits per heavy atom. The Labute approximate surface area is 146 Å². The van der Waals surface area contributed by atoms with Crippen LogP contribution in [-0.2, 0) is 6.42 Å². The Bertz CT molecular complexity index is 747. The van der Waals surface area contributed by atoms with Gasteiger partial charge in [-0.2, -0.15) is 5.10 Å². The van der Waals surface area contributed by atoms with Gasteiger partial charge < -0.3 is 4.90 Å². The van der Waals surface area contributed by atoms with Crippen molar-refractivity contribution >= 4 is 21.6 Å². The van der Waals surface area contributed by atoms with Crippen LogP contribution >= 0.6 is 15.9 Å². The lowest BCUT2D eigenvalue weighted by atomic mass is 10.1. The van der Waals surface area contributed by atoms with Gasteiger partial charge in [-0.05, 0) is 47.6 Å². The summed E-state index contributed by atoms with van der Waals surface area (Å²) in [5.41, 5.74) is 4.41. The third-order valence-corrected chi connectivity index (χ3v) is 4.01. The maximum atomic E-state index is 4.45. The molecule has 0 N–H and O–H groups in total. The van der Waals surface area contributed by atoms with Crippen LogP contribution in [-0.4, -0.2) is 40.1 Å². The SMILES string of the molecule is CC.CN(C)CCc1ccc(-c2cnc3c(Br)cnn3c2)cc1. The molecule has 1 aromatic carbocycles. The Balaban J connectivity index is 0.000000924. The summed E-state index contributed by atoms with van der Waals surface area (Å²) in [7, 11) is 4.19. The molecule has 0 aliphatic heterocycles. The minimum absolute atomic E-state index is 0.835. The van der Waals surface area contributed by atoms with Gasteiger partial charge in [-0.3, -0.25) is 0 Å². The molecule has 2 aromatic heterocycles. The number of hydrogen-bond donors (Lipinski definition) is 0. The predicted octanol–water partition coefficient (Wildman–Crippen LogP) is 4.29. The zero-order valence-electron chi connectivity index (χ0n) is 14.1. The monoisotopic (exact) mass is 374 g/mol. The van der Waals surface area contributed by atoms with E-state index < -0.39 is 0 Å². The van der Waals surface area contributed by atoms with Gasteiger partial charge in [0.15, 0.2) is 5.65 Å². The first-order valence-electron chi connectivity index (χ1n) is 7.86. The smallest absolute Gasteiger partial charge is 0.169 e. The first-order chi connectivity index (χ1) is 11.1. The maximum absolute atomic E-state index is 4.45. The van der Waals surface area contributed by atoms with Gasteiger partial charge in [0, 0.05) is 24.5 Å². The van der Waals surface area contributed by atoms with E-state index in [1.807, 2.05) is 26.2 Å². The van der Waals surface area contributed by atoms with E-state index in [-0.39, 0.29) is 0 Å². The number of aromatic nitrogens is 3. The van der Waals surface area contributed by atoms with Gasteiger partial charge in [-0.25, -0.2) is 9.50 Å². The number of benzene rings is 1. The standard InChI is InChI=1S/C16H17BrN4.C2H6/c1-20(2)8-7-12-3-5-13(6-4-12)14-9-18-16-15(17)10-19-21(16)11-14;1-2/h3-6,9-11H,7-8H2,1-2H3;1-2H3. The molecule has 0 aliphatic carbocycles. The average Bonchev–Trinajstić information content (AvgIpc) is 2.96. The lowest BCUT2D eigenvalue weighted by Gasteiger charge is -2.09. The molecule has 0 spiro atoms. The van der Waals surface area contributed by atoms with Crippen LogP contribution in [0.2, 0.25) is 0 Å². The van der Waals surface area contributed by atoms with E-state index in [0.29, 0.717) is 0 Å². The van der Waals surface area contributed by atoms with Crippen LogP contribution in [0, 0.1) is 0 Å². The summed E-state index contributed by atoms with van der Waals surface area (Å²) in [6.07, 6.45) is 6.71. The van der Waals surface area contributed by atoms with Gasteiger partial charge in [0.05, 0.1) is 10.7 Å². The predicted molar refractivity (Wildman–Crippen MR) is 99.7 cm³/mol. The van der Waals surface area contributed by atoms with Gasteiger partial charge in [-0.15, -0.1) is 0 Å². The van der Waals surface area contributed by atoms with Crippen LogP contribution < -0.4 is 0 Å². The van der Waals surface area contributed by atoms with E-state index in [0.717, 1.165) is 34.2 Å². The molecule has 0 aliphatic rings. The van der Waals surface area contributed by atoms with Gasteiger partial charge in [-0.1, -0.05) is 38.1 Å². The molecule has 0 fully saturated rings. The molecule has 2 heterocycles. The molecule has 0 amide bonds. The van der Waals surface area contributed by atoms with E-state index in [4.69, 9.17) is 0 Å². The van der Waals surface area contributed by atoms with Gasteiger partial charge >= 0.3 is 0 Å². The van der Waals surface area contributed by atoms with Crippen molar-refractivity contribution < 1.29 is 0 Å². The van der Waals surface area contributed by atoms with Crippen LogP contribution in [0.5, 0.6) is 0 Å². The summed E-state index contributed by atoms with van der Waals surface area (Å²) in [4.78, 5) is 6.64. The summed E-state index contributed by atoms with van der Waals surface area (Å²) in [6.45, 7) is 5.06. The highest BCUT2D eigenvalue weighted by Gasteiger charge is 2.05. The molecule has 3 aromatic rings. The minimum atomic E-state index is 0.835. The lowest BCUT2D eigenvalue weighted by Crippen LogP contribution is -2.14. The summed E-state index contributed by atoms with van der Waals surface area (Å²) >= 11 is 3.44. The highest BCUT2D eigenvalue weighted by molar-refractivity contribution is 9.10. The van der Waals surface area contributed by atoms with Crippen LogP contribution in [0.4, 0.5) is 0 Å². The normalized spacial score (nSPS) is 10.7. The molecule has 0 saturated carbocycles. The van der Waals surface area contributed by atoms with Crippen molar-refractivity contribution in [3.8, 4) is 11.1 Å². The first-order valence-corrected chi connectivity index (χ1v) is 8.66. The topological polar surface area (TPSA) is 33.4 Å². The second kappa shape index (κ2) is 8.22. The van der Waals surface area contributed by atoms with Crippen LogP contribution in [0.15, 0.2) is 47.3 Å². The van der Waals surface area contributed by atoms with Gasteiger partial charge in [0.2, 0.25) is 0 Å². The molecule has 0 bridgehead atoms. The van der Waals surface area contributed by atoms with Gasteiger partial charge in [0.1, 0.15) is 0 Å². The van der Waals surface area contributed by atoms with Crippen LogP contribution in [0.3, 0.4) is 0 Å². The quantitative estimate of drug-likeness (QED) is 0.682. The molecular formula is C18H23BrN4. The lowest BCUT2D eigenvalue weighted by molar-refractivity contribution is 0.413. The Morgan fingerprint density at radius 3 is 2.39 bits per heavy atom. The summed E-state index contributed by atoms with van der Waals surface area (Å²) in [5, 5.41) is 4.27. The second-order valence-electron chi connectivity index (χ2n) is 5.35. The molecule has 122 valence electrons. The van der Waals surface area contributed by atoms with Crippen LogP contribution in [0.1, 0.15) is 19.4 Å². The average molecular weight is 375 g/mol. The molecule has 23 heavy (non-hydrogen) atoms. The number of rotatable bonds is 4. The third-order valence-electron chi connectivity index (χ3n) is 3.45. The van der Waals surface area contributed by atoms with E-state index in [1.54, 1.807) is 10.7 Å². The summed E-state index contributed by atoms with van der Waals surface area (Å²) in [5.74, 6) is 0. The van der Waals surface area contributed by atoms with Crippen molar-refractivity contribution in [1.29, 1.82) is 0 Å². The van der Waals surface area contributed by atoms with E-state index >= 15 is 0 Å². The number of fused-ring (bicyclic) bond motifs is 1. The van der Waals surface area contributed by atoms with Crippen molar-refractivity contribution in [3.63, 3.8) is 0 Å². The fourth-order valence-electron chi connectivity index (χ4n) is 2.21. The highest BCUT2D eigenvalue weighted by atomic mass is 79.9. The Kier molecular flexibility index (Phi) is 6.30. The molecule has 0 saturated heterocycles. The maximum Gasteiger partial charge on any atom is 0.169 e. The highest BCUT2D eigenvalue weighted by Crippen LogP contribution is 2.22. The van der Waals surface area contributed by atoms with Crippen LogP contribution in [0.25, 0.3) is 16.8 Å². The number of likely N-dealkylation sites (N-methyl/N-ethyl adjacent to an activating group) is 1. The van der Waals surface area contributed by atoms with Gasteiger partial charge in [0.25, 0.3) is 0 Å². The fraction of sp³-hybridized carbons (Fsp3) is 0.333. The van der Waals surface area contributed by atoms with Crippen molar-refractivity contribution in [2.45, 2.75) is 20.3 Å². The summed E-state index contributed by atoms with van der Waals surface area (Å²) < 4.78 is 2.70. The summed E-state index contributed by atoms with van der Waals surface area (Å²) in [6, 6.07) is 8.66. The zero-order chi connectivity index (χ0) is 16.8. The van der Waals surface area contributed by atoms with Crippen molar-refractivity contribution in [1.82, 2.24) is 19.5 Å². The molecule has 4 nitrogen and oxygen atoms in total. The Hall–Kier alpha value is -1.72. The number of nitrogens with zero attached hydrogens (tertiary/aromatic N) is 4. The first kappa shape index (κ1) is 17.6. The molecule has 3 rings (SSSR count). The molecular weight excluding hydrogens is 352 g/mol. The third kappa shape index (κ3) is 4.39. The van der Waals surface area contributed by atoms with Crippen molar-refractivity contribution in [3.05, 3.63) is 52.9 Å². The van der Waals surface area contributed by atoms with E-state index in [2.05, 4.69) is 69.3 Å². The molecule has 0 radical (unpaired) electrons. The fourth-order valence-corrected chi connectivity index (χ4v) is 2.59. The number of halogens is 1. The largest absolute Gasteiger partial charge is 0.309 e. The van der Waals surface area contributed by atoms with E-state index in [1.165, 1.54) is 5.56 Å². The number of hydrogen-bond acceptors (Lipinski definition) is 3. The van der Waals surface area contributed by atoms with E-state index in [9.17, 15) is 0 Å².